The number of rotatable bonds is 4. The molecular formula is C19H17N3O2S. The maximum Gasteiger partial charge on any atom is 0.229 e. The summed E-state index contributed by atoms with van der Waals surface area (Å²) in [5.41, 5.74) is 2.78. The monoisotopic (exact) mass is 351 g/mol. The largest absolute Gasteiger partial charge is 0.353 e. The molecule has 2 N–H and O–H groups in total. The molecule has 0 bridgehead atoms. The van der Waals surface area contributed by atoms with Crippen molar-refractivity contribution in [3.63, 3.8) is 0 Å². The van der Waals surface area contributed by atoms with Gasteiger partial charge in [0.15, 0.2) is 0 Å². The molecule has 2 aromatic carbocycles. The van der Waals surface area contributed by atoms with Gasteiger partial charge in [0, 0.05) is 24.2 Å². The minimum atomic E-state index is -0.132. The van der Waals surface area contributed by atoms with Gasteiger partial charge in [-0.3, -0.25) is 9.59 Å². The van der Waals surface area contributed by atoms with Gasteiger partial charge in [0.2, 0.25) is 11.8 Å². The van der Waals surface area contributed by atoms with Crippen molar-refractivity contribution in [3.05, 3.63) is 48.5 Å². The zero-order valence-corrected chi connectivity index (χ0v) is 14.5. The Morgan fingerprint density at radius 2 is 1.88 bits per heavy atom. The average Bonchev–Trinajstić information content (AvgIpc) is 3.21. The zero-order valence-electron chi connectivity index (χ0n) is 13.7. The number of aromatic nitrogens is 1. The number of benzene rings is 2. The van der Waals surface area contributed by atoms with Crippen molar-refractivity contribution in [3.8, 4) is 10.6 Å². The van der Waals surface area contributed by atoms with Crippen LogP contribution in [-0.2, 0) is 9.59 Å². The standard InChI is InChI=1S/C19H17N3O2S/c1-11(23)20-16-10-14(16)18(24)21-13-8-6-12(7-9-13)19-22-15-4-2-3-5-17(15)25-19/h2-9,14,16H,10H2,1H3,(H,20,23)(H,21,24). The van der Waals surface area contributed by atoms with Crippen molar-refractivity contribution in [1.29, 1.82) is 0 Å². The highest BCUT2D eigenvalue weighted by molar-refractivity contribution is 7.21. The Kier molecular flexibility index (Phi) is 3.97. The van der Waals surface area contributed by atoms with E-state index in [1.54, 1.807) is 11.3 Å². The van der Waals surface area contributed by atoms with Crippen LogP contribution in [0.5, 0.6) is 0 Å². The summed E-state index contributed by atoms with van der Waals surface area (Å²) in [5, 5.41) is 6.64. The first-order chi connectivity index (χ1) is 12.1. The minimum Gasteiger partial charge on any atom is -0.353 e. The molecule has 0 spiro atoms. The third kappa shape index (κ3) is 3.39. The topological polar surface area (TPSA) is 71.1 Å². The number of hydrogen-bond donors (Lipinski definition) is 2. The van der Waals surface area contributed by atoms with E-state index < -0.39 is 0 Å². The van der Waals surface area contributed by atoms with Gasteiger partial charge >= 0.3 is 0 Å². The summed E-state index contributed by atoms with van der Waals surface area (Å²) in [6.07, 6.45) is 0.704. The molecule has 0 aliphatic heterocycles. The summed E-state index contributed by atoms with van der Waals surface area (Å²) in [5.74, 6) is -0.278. The number of para-hydroxylation sites is 1. The second-order valence-electron chi connectivity index (χ2n) is 6.20. The van der Waals surface area contributed by atoms with E-state index in [0.717, 1.165) is 26.5 Å². The first kappa shape index (κ1) is 15.8. The third-order valence-electron chi connectivity index (χ3n) is 4.21. The predicted octanol–water partition coefficient (Wildman–Crippen LogP) is 3.43. The first-order valence-corrected chi connectivity index (χ1v) is 8.96. The smallest absolute Gasteiger partial charge is 0.229 e. The maximum absolute atomic E-state index is 12.2. The van der Waals surface area contributed by atoms with Gasteiger partial charge in [0.25, 0.3) is 0 Å². The highest BCUT2D eigenvalue weighted by Gasteiger charge is 2.43. The van der Waals surface area contributed by atoms with Crippen LogP contribution in [-0.4, -0.2) is 22.8 Å². The van der Waals surface area contributed by atoms with Crippen LogP contribution in [0.1, 0.15) is 13.3 Å². The summed E-state index contributed by atoms with van der Waals surface area (Å²) >= 11 is 1.65. The molecule has 3 aromatic rings. The first-order valence-electron chi connectivity index (χ1n) is 8.14. The number of nitrogens with one attached hydrogen (secondary N) is 2. The van der Waals surface area contributed by atoms with Gasteiger partial charge in [-0.05, 0) is 42.8 Å². The second-order valence-corrected chi connectivity index (χ2v) is 7.23. The molecule has 1 aliphatic carbocycles. The summed E-state index contributed by atoms with van der Waals surface area (Å²) < 4.78 is 1.16. The quantitative estimate of drug-likeness (QED) is 0.756. The van der Waals surface area contributed by atoms with Crippen molar-refractivity contribution >= 4 is 39.1 Å². The number of carbonyl (C=O) groups excluding carboxylic acids is 2. The number of fused-ring (bicyclic) bond motifs is 1. The molecule has 1 heterocycles. The molecule has 0 radical (unpaired) electrons. The van der Waals surface area contributed by atoms with Gasteiger partial charge in [-0.1, -0.05) is 12.1 Å². The Morgan fingerprint density at radius 3 is 2.60 bits per heavy atom. The molecular weight excluding hydrogens is 334 g/mol. The Morgan fingerprint density at radius 1 is 1.12 bits per heavy atom. The van der Waals surface area contributed by atoms with Crippen LogP contribution < -0.4 is 10.6 Å². The second kappa shape index (κ2) is 6.29. The van der Waals surface area contributed by atoms with Crippen LogP contribution in [0, 0.1) is 5.92 Å². The van der Waals surface area contributed by atoms with E-state index in [0.29, 0.717) is 6.42 Å². The van der Waals surface area contributed by atoms with Crippen LogP contribution in [0.2, 0.25) is 0 Å². The Bertz CT molecular complexity index is 916. The molecule has 126 valence electrons. The highest BCUT2D eigenvalue weighted by Crippen LogP contribution is 2.33. The van der Waals surface area contributed by atoms with Crippen LogP contribution in [0.25, 0.3) is 20.8 Å². The van der Waals surface area contributed by atoms with Crippen LogP contribution in [0.15, 0.2) is 48.5 Å². The minimum absolute atomic E-state index is 0.0282. The zero-order chi connectivity index (χ0) is 17.4. The van der Waals surface area contributed by atoms with Gasteiger partial charge in [-0.2, -0.15) is 0 Å². The number of thiazole rings is 1. The molecule has 0 saturated heterocycles. The normalized spacial score (nSPS) is 18.8. The number of anilines is 1. The van der Waals surface area contributed by atoms with E-state index in [2.05, 4.69) is 21.7 Å². The lowest BCUT2D eigenvalue weighted by Crippen LogP contribution is -2.27. The lowest BCUT2D eigenvalue weighted by atomic mass is 10.2. The molecule has 1 aromatic heterocycles. The van der Waals surface area contributed by atoms with E-state index >= 15 is 0 Å². The van der Waals surface area contributed by atoms with Gasteiger partial charge in [-0.25, -0.2) is 4.98 Å². The molecule has 4 rings (SSSR count). The third-order valence-corrected chi connectivity index (χ3v) is 5.29. The van der Waals surface area contributed by atoms with Gasteiger partial charge in [-0.15, -0.1) is 11.3 Å². The highest BCUT2D eigenvalue weighted by atomic mass is 32.1. The van der Waals surface area contributed by atoms with Crippen LogP contribution >= 0.6 is 11.3 Å². The summed E-state index contributed by atoms with van der Waals surface area (Å²) in [6, 6.07) is 15.7. The molecule has 2 unspecified atom stereocenters. The molecule has 1 fully saturated rings. The van der Waals surface area contributed by atoms with E-state index in [-0.39, 0.29) is 23.8 Å². The number of nitrogens with zero attached hydrogens (tertiary/aromatic N) is 1. The predicted molar refractivity (Wildman–Crippen MR) is 99.4 cm³/mol. The number of hydrogen-bond acceptors (Lipinski definition) is 4. The average molecular weight is 351 g/mol. The molecule has 6 heteroatoms. The van der Waals surface area contributed by atoms with Crippen LogP contribution in [0.4, 0.5) is 5.69 Å². The van der Waals surface area contributed by atoms with Crippen molar-refractivity contribution in [1.82, 2.24) is 10.3 Å². The van der Waals surface area contributed by atoms with Gasteiger partial charge in [0.05, 0.1) is 16.1 Å². The molecule has 2 atom stereocenters. The van der Waals surface area contributed by atoms with E-state index in [1.807, 2.05) is 42.5 Å². The fourth-order valence-electron chi connectivity index (χ4n) is 2.83. The lowest BCUT2D eigenvalue weighted by Gasteiger charge is -2.06. The summed E-state index contributed by atoms with van der Waals surface area (Å²) in [4.78, 5) is 27.8. The van der Waals surface area contributed by atoms with Gasteiger partial charge < -0.3 is 10.6 Å². The number of amides is 2. The molecule has 1 saturated carbocycles. The van der Waals surface area contributed by atoms with Crippen molar-refractivity contribution < 1.29 is 9.59 Å². The maximum atomic E-state index is 12.2. The molecule has 5 nitrogen and oxygen atoms in total. The lowest BCUT2D eigenvalue weighted by molar-refractivity contribution is -0.119. The molecule has 25 heavy (non-hydrogen) atoms. The molecule has 2 amide bonds. The van der Waals surface area contributed by atoms with Gasteiger partial charge in [0.1, 0.15) is 5.01 Å². The SMILES string of the molecule is CC(=O)NC1CC1C(=O)Nc1ccc(-c2nc3ccccc3s2)cc1. The summed E-state index contributed by atoms with van der Waals surface area (Å²) in [6.45, 7) is 1.47. The van der Waals surface area contributed by atoms with Crippen LogP contribution in [0.3, 0.4) is 0 Å². The fourth-order valence-corrected chi connectivity index (χ4v) is 3.80. The number of carbonyl (C=O) groups is 2. The van der Waals surface area contributed by atoms with E-state index in [9.17, 15) is 9.59 Å². The Hall–Kier alpha value is -2.73. The van der Waals surface area contributed by atoms with Crippen molar-refractivity contribution in [2.75, 3.05) is 5.32 Å². The van der Waals surface area contributed by atoms with E-state index in [1.165, 1.54) is 6.92 Å². The van der Waals surface area contributed by atoms with Crippen molar-refractivity contribution in [2.24, 2.45) is 5.92 Å². The Labute approximate surface area is 149 Å². The van der Waals surface area contributed by atoms with Crippen molar-refractivity contribution in [2.45, 2.75) is 19.4 Å². The molecule has 1 aliphatic rings. The van der Waals surface area contributed by atoms with E-state index in [4.69, 9.17) is 0 Å². The fraction of sp³-hybridized carbons (Fsp3) is 0.211. The Balaban J connectivity index is 1.43. The summed E-state index contributed by atoms with van der Waals surface area (Å²) in [7, 11) is 0.